The molecule has 0 radical (unpaired) electrons. The van der Waals surface area contributed by atoms with Gasteiger partial charge in [-0.1, -0.05) is 63.2 Å². The lowest BCUT2D eigenvalue weighted by molar-refractivity contribution is 0.535. The van der Waals surface area contributed by atoms with Gasteiger partial charge >= 0.3 is 0 Å². The first-order valence-electron chi connectivity index (χ1n) is 8.65. The van der Waals surface area contributed by atoms with Crippen LogP contribution in [0.15, 0.2) is 71.1 Å². The standard InChI is InChI=1S/C23H22O/c1-15(2)16(3)18-10-12-22-21(13-18)20-11-9-19(14-23(20)24-22)17-7-5-4-6-8-17/h4-16H,1-3H3. The molecule has 0 aliphatic heterocycles. The molecule has 1 heterocycles. The van der Waals surface area contributed by atoms with E-state index in [0.717, 1.165) is 11.2 Å². The zero-order valence-corrected chi connectivity index (χ0v) is 14.4. The quantitative estimate of drug-likeness (QED) is 0.396. The second kappa shape index (κ2) is 5.83. The predicted octanol–water partition coefficient (Wildman–Crippen LogP) is 7.01. The molecule has 0 spiro atoms. The van der Waals surface area contributed by atoms with Crippen LogP contribution in [0.4, 0.5) is 0 Å². The fraction of sp³-hybridized carbons (Fsp3) is 0.217. The summed E-state index contributed by atoms with van der Waals surface area (Å²) < 4.78 is 6.11. The Hall–Kier alpha value is -2.54. The Morgan fingerprint density at radius 1 is 0.667 bits per heavy atom. The molecule has 1 atom stereocenters. The highest BCUT2D eigenvalue weighted by atomic mass is 16.3. The third kappa shape index (κ3) is 2.50. The summed E-state index contributed by atoms with van der Waals surface area (Å²) in [5, 5.41) is 2.41. The summed E-state index contributed by atoms with van der Waals surface area (Å²) in [5.41, 5.74) is 5.72. The Labute approximate surface area is 142 Å². The lowest BCUT2D eigenvalue weighted by atomic mass is 9.89. The van der Waals surface area contributed by atoms with E-state index in [4.69, 9.17) is 4.42 Å². The Kier molecular flexibility index (Phi) is 3.65. The molecular formula is C23H22O. The minimum absolute atomic E-state index is 0.544. The molecule has 1 heteroatoms. The summed E-state index contributed by atoms with van der Waals surface area (Å²) in [5.74, 6) is 1.17. The largest absolute Gasteiger partial charge is 0.456 e. The topological polar surface area (TPSA) is 13.1 Å². The highest BCUT2D eigenvalue weighted by Crippen LogP contribution is 2.35. The Morgan fingerprint density at radius 3 is 2.21 bits per heavy atom. The van der Waals surface area contributed by atoms with Gasteiger partial charge in [0.25, 0.3) is 0 Å². The second-order valence-electron chi connectivity index (χ2n) is 6.97. The van der Waals surface area contributed by atoms with Crippen molar-refractivity contribution in [3.8, 4) is 11.1 Å². The van der Waals surface area contributed by atoms with Crippen molar-refractivity contribution < 1.29 is 4.42 Å². The molecule has 0 saturated carbocycles. The molecule has 4 rings (SSSR count). The van der Waals surface area contributed by atoms with Crippen LogP contribution in [0, 0.1) is 5.92 Å². The average Bonchev–Trinajstić information content (AvgIpc) is 2.98. The van der Waals surface area contributed by atoms with E-state index >= 15 is 0 Å². The summed E-state index contributed by atoms with van der Waals surface area (Å²) >= 11 is 0. The van der Waals surface area contributed by atoms with Crippen LogP contribution in [-0.2, 0) is 0 Å². The predicted molar refractivity (Wildman–Crippen MR) is 102 cm³/mol. The van der Waals surface area contributed by atoms with Crippen LogP contribution in [-0.4, -0.2) is 0 Å². The van der Waals surface area contributed by atoms with Crippen LogP contribution in [0.5, 0.6) is 0 Å². The lowest BCUT2D eigenvalue weighted by Crippen LogP contribution is -2.01. The summed E-state index contributed by atoms with van der Waals surface area (Å²) in [4.78, 5) is 0. The van der Waals surface area contributed by atoms with Gasteiger partial charge in [-0.25, -0.2) is 0 Å². The van der Waals surface area contributed by atoms with Crippen molar-refractivity contribution in [2.75, 3.05) is 0 Å². The molecule has 0 amide bonds. The van der Waals surface area contributed by atoms with Gasteiger partial charge in [0.2, 0.25) is 0 Å². The maximum atomic E-state index is 6.11. The Balaban J connectivity index is 1.86. The number of hydrogen-bond acceptors (Lipinski definition) is 1. The highest BCUT2D eigenvalue weighted by Gasteiger charge is 2.13. The first-order valence-corrected chi connectivity index (χ1v) is 8.65. The van der Waals surface area contributed by atoms with Gasteiger partial charge in [0.15, 0.2) is 0 Å². The van der Waals surface area contributed by atoms with E-state index in [9.17, 15) is 0 Å². The number of fused-ring (bicyclic) bond motifs is 3. The van der Waals surface area contributed by atoms with Crippen molar-refractivity contribution in [2.24, 2.45) is 5.92 Å². The normalized spacial score (nSPS) is 13.0. The van der Waals surface area contributed by atoms with E-state index in [0.29, 0.717) is 11.8 Å². The third-order valence-corrected chi connectivity index (χ3v) is 5.13. The highest BCUT2D eigenvalue weighted by molar-refractivity contribution is 6.06. The second-order valence-corrected chi connectivity index (χ2v) is 6.97. The number of benzene rings is 3. The van der Waals surface area contributed by atoms with Crippen LogP contribution in [0.3, 0.4) is 0 Å². The van der Waals surface area contributed by atoms with Crippen LogP contribution in [0.25, 0.3) is 33.1 Å². The molecule has 0 saturated heterocycles. The molecule has 120 valence electrons. The first-order chi connectivity index (χ1) is 11.6. The van der Waals surface area contributed by atoms with E-state index in [1.165, 1.54) is 27.5 Å². The van der Waals surface area contributed by atoms with Crippen molar-refractivity contribution in [3.05, 3.63) is 72.3 Å². The van der Waals surface area contributed by atoms with Crippen LogP contribution < -0.4 is 0 Å². The monoisotopic (exact) mass is 314 g/mol. The van der Waals surface area contributed by atoms with Gasteiger partial charge in [0.05, 0.1) is 0 Å². The van der Waals surface area contributed by atoms with E-state index in [-0.39, 0.29) is 0 Å². The molecular weight excluding hydrogens is 292 g/mol. The summed E-state index contributed by atoms with van der Waals surface area (Å²) in [6.45, 7) is 6.84. The van der Waals surface area contributed by atoms with Gasteiger partial charge in [0.1, 0.15) is 11.2 Å². The van der Waals surface area contributed by atoms with Crippen molar-refractivity contribution in [1.82, 2.24) is 0 Å². The van der Waals surface area contributed by atoms with E-state index in [1.807, 2.05) is 6.07 Å². The van der Waals surface area contributed by atoms with Crippen molar-refractivity contribution in [2.45, 2.75) is 26.7 Å². The molecule has 0 aliphatic carbocycles. The first kappa shape index (κ1) is 15.0. The molecule has 24 heavy (non-hydrogen) atoms. The van der Waals surface area contributed by atoms with Gasteiger partial charge in [-0.15, -0.1) is 0 Å². The number of rotatable bonds is 3. The molecule has 3 aromatic carbocycles. The molecule has 0 fully saturated rings. The molecule has 4 aromatic rings. The maximum absolute atomic E-state index is 6.11. The van der Waals surface area contributed by atoms with Crippen LogP contribution in [0.2, 0.25) is 0 Å². The van der Waals surface area contributed by atoms with Gasteiger partial charge in [-0.2, -0.15) is 0 Å². The van der Waals surface area contributed by atoms with Crippen molar-refractivity contribution in [3.63, 3.8) is 0 Å². The lowest BCUT2D eigenvalue weighted by Gasteiger charge is -2.15. The minimum atomic E-state index is 0.544. The summed E-state index contributed by atoms with van der Waals surface area (Å²) in [7, 11) is 0. The van der Waals surface area contributed by atoms with Crippen molar-refractivity contribution >= 4 is 21.9 Å². The van der Waals surface area contributed by atoms with E-state index in [2.05, 4.69) is 81.4 Å². The van der Waals surface area contributed by atoms with E-state index < -0.39 is 0 Å². The smallest absolute Gasteiger partial charge is 0.136 e. The van der Waals surface area contributed by atoms with Crippen molar-refractivity contribution in [1.29, 1.82) is 0 Å². The molecule has 0 N–H and O–H groups in total. The molecule has 0 bridgehead atoms. The molecule has 1 nitrogen and oxygen atoms in total. The zero-order chi connectivity index (χ0) is 16.7. The molecule has 1 unspecified atom stereocenters. The van der Waals surface area contributed by atoms with Crippen LogP contribution in [0.1, 0.15) is 32.3 Å². The Morgan fingerprint density at radius 2 is 1.46 bits per heavy atom. The maximum Gasteiger partial charge on any atom is 0.136 e. The fourth-order valence-corrected chi connectivity index (χ4v) is 3.27. The SMILES string of the molecule is CC(C)C(C)c1ccc2oc3cc(-c4ccccc4)ccc3c2c1. The summed E-state index contributed by atoms with van der Waals surface area (Å²) in [6.07, 6.45) is 0. The molecule has 0 aliphatic rings. The average molecular weight is 314 g/mol. The summed E-state index contributed by atoms with van der Waals surface area (Å²) in [6, 6.07) is 23.6. The number of furan rings is 1. The van der Waals surface area contributed by atoms with Crippen LogP contribution >= 0.6 is 0 Å². The van der Waals surface area contributed by atoms with E-state index in [1.54, 1.807) is 0 Å². The molecule has 1 aromatic heterocycles. The van der Waals surface area contributed by atoms with Gasteiger partial charge < -0.3 is 4.42 Å². The van der Waals surface area contributed by atoms with Gasteiger partial charge in [-0.05, 0) is 52.8 Å². The van der Waals surface area contributed by atoms with Gasteiger partial charge in [-0.3, -0.25) is 0 Å². The minimum Gasteiger partial charge on any atom is -0.456 e. The van der Waals surface area contributed by atoms with Gasteiger partial charge in [0, 0.05) is 10.8 Å². The zero-order valence-electron chi connectivity index (χ0n) is 14.4. The fourth-order valence-electron chi connectivity index (χ4n) is 3.27. The number of hydrogen-bond donors (Lipinski definition) is 0. The third-order valence-electron chi connectivity index (χ3n) is 5.13. The Bertz CT molecular complexity index is 993.